The number of nitrogens with zero attached hydrogens (tertiary/aromatic N) is 2. The summed E-state index contributed by atoms with van der Waals surface area (Å²) in [4.78, 5) is 4.80. The fourth-order valence-electron chi connectivity index (χ4n) is 2.86. The molecule has 2 saturated heterocycles. The van der Waals surface area contributed by atoms with E-state index in [1.165, 1.54) is 5.69 Å². The molecule has 1 aromatic rings. The highest BCUT2D eigenvalue weighted by atomic mass is 16.5. The maximum Gasteiger partial charge on any atom is 0.142 e. The van der Waals surface area contributed by atoms with Crippen LogP contribution >= 0.6 is 0 Å². The Morgan fingerprint density at radius 1 is 1.05 bits per heavy atom. The highest BCUT2D eigenvalue weighted by molar-refractivity contribution is 5.58. The third-order valence-electron chi connectivity index (χ3n) is 4.09. The minimum Gasteiger partial charge on any atom is -0.490 e. The Kier molecular flexibility index (Phi) is 5.32. The van der Waals surface area contributed by atoms with Crippen molar-refractivity contribution in [1.29, 1.82) is 0 Å². The molecule has 1 N–H and O–H groups in total. The summed E-state index contributed by atoms with van der Waals surface area (Å²) < 4.78 is 11.4. The summed E-state index contributed by atoms with van der Waals surface area (Å²) in [5.74, 6) is 1.01. The molecule has 2 fully saturated rings. The van der Waals surface area contributed by atoms with E-state index in [0.717, 1.165) is 71.4 Å². The number of para-hydroxylation sites is 2. The Hall–Kier alpha value is -1.30. The first kappa shape index (κ1) is 14.6. The van der Waals surface area contributed by atoms with Gasteiger partial charge in [-0.2, -0.15) is 0 Å². The van der Waals surface area contributed by atoms with Gasteiger partial charge in [0, 0.05) is 45.8 Å². The first-order valence-corrected chi connectivity index (χ1v) is 7.91. The van der Waals surface area contributed by atoms with Crippen molar-refractivity contribution in [2.75, 3.05) is 70.5 Å². The van der Waals surface area contributed by atoms with Crippen LogP contribution in [0.4, 0.5) is 5.69 Å². The van der Waals surface area contributed by atoms with Crippen LogP contribution in [-0.2, 0) is 4.74 Å². The molecule has 2 aliphatic rings. The molecule has 21 heavy (non-hydrogen) atoms. The first-order chi connectivity index (χ1) is 10.4. The monoisotopic (exact) mass is 291 g/mol. The van der Waals surface area contributed by atoms with Crippen molar-refractivity contribution in [1.82, 2.24) is 10.2 Å². The van der Waals surface area contributed by atoms with Crippen molar-refractivity contribution in [3.8, 4) is 5.75 Å². The standard InChI is InChI=1S/C16H25N3O2/c1-2-4-16(15(3-1)19-7-5-17-6-8-19)21-14-11-18-9-12-20-13-10-18/h1-4,17H,5-14H2. The predicted octanol–water partition coefficient (Wildman–Crippen LogP) is 0.807. The fourth-order valence-corrected chi connectivity index (χ4v) is 2.86. The number of rotatable bonds is 5. The van der Waals surface area contributed by atoms with Crippen LogP contribution in [-0.4, -0.2) is 70.5 Å². The Morgan fingerprint density at radius 3 is 2.62 bits per heavy atom. The molecule has 0 aliphatic carbocycles. The minimum atomic E-state index is 0.739. The van der Waals surface area contributed by atoms with E-state index >= 15 is 0 Å². The van der Waals surface area contributed by atoms with E-state index in [4.69, 9.17) is 9.47 Å². The number of hydrogen-bond acceptors (Lipinski definition) is 5. The third-order valence-corrected chi connectivity index (χ3v) is 4.09. The molecule has 1 aromatic carbocycles. The van der Waals surface area contributed by atoms with Crippen molar-refractivity contribution in [3.63, 3.8) is 0 Å². The van der Waals surface area contributed by atoms with E-state index in [0.29, 0.717) is 0 Å². The Labute approximate surface area is 126 Å². The average Bonchev–Trinajstić information content (AvgIpc) is 2.57. The molecular formula is C16H25N3O2. The number of piperazine rings is 1. The van der Waals surface area contributed by atoms with Gasteiger partial charge in [0.2, 0.25) is 0 Å². The van der Waals surface area contributed by atoms with E-state index in [9.17, 15) is 0 Å². The largest absolute Gasteiger partial charge is 0.490 e. The van der Waals surface area contributed by atoms with Crippen molar-refractivity contribution in [3.05, 3.63) is 24.3 Å². The lowest BCUT2D eigenvalue weighted by molar-refractivity contribution is 0.0323. The Bertz CT molecular complexity index is 429. The van der Waals surface area contributed by atoms with Crippen LogP contribution in [0, 0.1) is 0 Å². The van der Waals surface area contributed by atoms with Gasteiger partial charge in [0.25, 0.3) is 0 Å². The Balaban J connectivity index is 1.54. The summed E-state index contributed by atoms with van der Waals surface area (Å²) in [6, 6.07) is 8.38. The van der Waals surface area contributed by atoms with E-state index in [1.54, 1.807) is 0 Å². The van der Waals surface area contributed by atoms with Crippen LogP contribution in [0.2, 0.25) is 0 Å². The van der Waals surface area contributed by atoms with Gasteiger partial charge in [-0.05, 0) is 12.1 Å². The third kappa shape index (κ3) is 4.09. The van der Waals surface area contributed by atoms with Gasteiger partial charge in [-0.3, -0.25) is 4.90 Å². The predicted molar refractivity (Wildman–Crippen MR) is 84.3 cm³/mol. The topological polar surface area (TPSA) is 37.0 Å². The molecule has 5 nitrogen and oxygen atoms in total. The van der Waals surface area contributed by atoms with Crippen LogP contribution < -0.4 is 15.0 Å². The van der Waals surface area contributed by atoms with Gasteiger partial charge in [-0.15, -0.1) is 0 Å². The van der Waals surface area contributed by atoms with Gasteiger partial charge >= 0.3 is 0 Å². The van der Waals surface area contributed by atoms with Crippen LogP contribution in [0.1, 0.15) is 0 Å². The van der Waals surface area contributed by atoms with E-state index in [2.05, 4.69) is 39.4 Å². The number of anilines is 1. The van der Waals surface area contributed by atoms with Crippen LogP contribution in [0.5, 0.6) is 5.75 Å². The second kappa shape index (κ2) is 7.64. The summed E-state index contributed by atoms with van der Waals surface area (Å²) in [5.41, 5.74) is 1.22. The molecule has 0 unspecified atom stereocenters. The summed E-state index contributed by atoms with van der Waals surface area (Å²) in [7, 11) is 0. The average molecular weight is 291 g/mol. The van der Waals surface area contributed by atoms with Gasteiger partial charge in [0.15, 0.2) is 0 Å². The number of hydrogen-bond donors (Lipinski definition) is 1. The van der Waals surface area contributed by atoms with E-state index < -0.39 is 0 Å². The van der Waals surface area contributed by atoms with Gasteiger partial charge in [0.05, 0.1) is 18.9 Å². The number of morpholine rings is 1. The quantitative estimate of drug-likeness (QED) is 0.869. The lowest BCUT2D eigenvalue weighted by atomic mass is 10.2. The lowest BCUT2D eigenvalue weighted by Crippen LogP contribution is -2.43. The summed E-state index contributed by atoms with van der Waals surface area (Å²) >= 11 is 0. The smallest absolute Gasteiger partial charge is 0.142 e. The zero-order valence-corrected chi connectivity index (χ0v) is 12.6. The van der Waals surface area contributed by atoms with Crippen molar-refractivity contribution >= 4 is 5.69 Å². The van der Waals surface area contributed by atoms with Gasteiger partial charge < -0.3 is 19.7 Å². The molecule has 0 amide bonds. The second-order valence-corrected chi connectivity index (χ2v) is 5.51. The molecule has 0 radical (unpaired) electrons. The molecule has 0 spiro atoms. The van der Waals surface area contributed by atoms with Crippen molar-refractivity contribution in [2.24, 2.45) is 0 Å². The highest BCUT2D eigenvalue weighted by Crippen LogP contribution is 2.28. The van der Waals surface area contributed by atoms with Crippen LogP contribution in [0.25, 0.3) is 0 Å². The zero-order valence-electron chi connectivity index (χ0n) is 12.6. The van der Waals surface area contributed by atoms with Crippen molar-refractivity contribution in [2.45, 2.75) is 0 Å². The SMILES string of the molecule is c1ccc(N2CCNCC2)c(OCCN2CCOCC2)c1. The van der Waals surface area contributed by atoms with Gasteiger partial charge in [0.1, 0.15) is 12.4 Å². The molecule has 0 bridgehead atoms. The number of benzene rings is 1. The van der Waals surface area contributed by atoms with Crippen LogP contribution in [0.15, 0.2) is 24.3 Å². The number of ether oxygens (including phenoxy) is 2. The summed E-state index contributed by atoms with van der Waals surface area (Å²) in [6.07, 6.45) is 0. The fraction of sp³-hybridized carbons (Fsp3) is 0.625. The molecule has 0 saturated carbocycles. The maximum absolute atomic E-state index is 6.05. The lowest BCUT2D eigenvalue weighted by Gasteiger charge is -2.31. The molecule has 2 aliphatic heterocycles. The molecule has 2 heterocycles. The molecule has 3 rings (SSSR count). The normalized spacial score (nSPS) is 20.5. The second-order valence-electron chi connectivity index (χ2n) is 5.51. The van der Waals surface area contributed by atoms with E-state index in [1.807, 2.05) is 0 Å². The first-order valence-electron chi connectivity index (χ1n) is 7.91. The van der Waals surface area contributed by atoms with Crippen LogP contribution in [0.3, 0.4) is 0 Å². The molecule has 5 heteroatoms. The molecule has 0 atom stereocenters. The van der Waals surface area contributed by atoms with Gasteiger partial charge in [-0.1, -0.05) is 12.1 Å². The summed E-state index contributed by atoms with van der Waals surface area (Å²) in [5, 5.41) is 3.39. The highest BCUT2D eigenvalue weighted by Gasteiger charge is 2.15. The summed E-state index contributed by atoms with van der Waals surface area (Å²) in [6.45, 7) is 9.61. The zero-order chi connectivity index (χ0) is 14.3. The molecular weight excluding hydrogens is 266 g/mol. The maximum atomic E-state index is 6.05. The minimum absolute atomic E-state index is 0.739. The molecule has 0 aromatic heterocycles. The Morgan fingerprint density at radius 2 is 1.81 bits per heavy atom. The van der Waals surface area contributed by atoms with Crippen molar-refractivity contribution < 1.29 is 9.47 Å². The number of nitrogens with one attached hydrogen (secondary N) is 1. The van der Waals surface area contributed by atoms with Gasteiger partial charge in [-0.25, -0.2) is 0 Å². The molecule has 116 valence electrons. The van der Waals surface area contributed by atoms with E-state index in [-0.39, 0.29) is 0 Å².